The summed E-state index contributed by atoms with van der Waals surface area (Å²) in [4.78, 5) is 3.21. The van der Waals surface area contributed by atoms with Gasteiger partial charge in [0.15, 0.2) is 0 Å². The summed E-state index contributed by atoms with van der Waals surface area (Å²) in [6.45, 7) is 3.45. The molecule has 3 nitrogen and oxygen atoms in total. The Hall–Kier alpha value is -2.13. The standard InChI is InChI=1S/C17H18N2O.ClH/c1-2-20-17-6-4-3-5-16(17)19-12-13-7-8-15-14(11-13)9-10-18-15;/h3-11,18-19H,2,12H2,1H3;1H. The number of rotatable bonds is 5. The first kappa shape index (κ1) is 15.3. The molecule has 3 rings (SSSR count). The number of H-pyrrole nitrogens is 1. The van der Waals surface area contributed by atoms with E-state index in [1.807, 2.05) is 37.4 Å². The lowest BCUT2D eigenvalue weighted by molar-refractivity contribution is 0.341. The number of aromatic nitrogens is 1. The molecule has 0 unspecified atom stereocenters. The number of fused-ring (bicyclic) bond motifs is 1. The summed E-state index contributed by atoms with van der Waals surface area (Å²) in [5, 5.41) is 4.67. The van der Waals surface area contributed by atoms with Gasteiger partial charge in [-0.25, -0.2) is 0 Å². The van der Waals surface area contributed by atoms with Crippen molar-refractivity contribution in [2.75, 3.05) is 11.9 Å². The van der Waals surface area contributed by atoms with Crippen molar-refractivity contribution in [1.29, 1.82) is 0 Å². The molecule has 0 amide bonds. The van der Waals surface area contributed by atoms with Crippen LogP contribution in [0.15, 0.2) is 54.7 Å². The van der Waals surface area contributed by atoms with Crippen LogP contribution >= 0.6 is 12.4 Å². The molecular formula is C17H19ClN2O. The summed E-state index contributed by atoms with van der Waals surface area (Å²) in [6.07, 6.45) is 1.96. The normalized spacial score (nSPS) is 10.1. The molecule has 4 heteroatoms. The van der Waals surface area contributed by atoms with Crippen molar-refractivity contribution in [3.63, 3.8) is 0 Å². The predicted molar refractivity (Wildman–Crippen MR) is 90.5 cm³/mol. The van der Waals surface area contributed by atoms with Crippen molar-refractivity contribution in [3.05, 3.63) is 60.3 Å². The van der Waals surface area contributed by atoms with E-state index in [-0.39, 0.29) is 12.4 Å². The summed E-state index contributed by atoms with van der Waals surface area (Å²) in [5.41, 5.74) is 3.45. The van der Waals surface area contributed by atoms with Gasteiger partial charge in [0.2, 0.25) is 0 Å². The zero-order chi connectivity index (χ0) is 13.8. The van der Waals surface area contributed by atoms with Gasteiger partial charge >= 0.3 is 0 Å². The molecule has 0 spiro atoms. The van der Waals surface area contributed by atoms with E-state index in [0.717, 1.165) is 18.0 Å². The van der Waals surface area contributed by atoms with Crippen LogP contribution in [-0.2, 0) is 6.54 Å². The fourth-order valence-corrected chi connectivity index (χ4v) is 2.30. The Morgan fingerprint density at radius 2 is 1.95 bits per heavy atom. The van der Waals surface area contributed by atoms with Gasteiger partial charge in [-0.15, -0.1) is 12.4 Å². The van der Waals surface area contributed by atoms with E-state index in [9.17, 15) is 0 Å². The molecule has 0 saturated carbocycles. The number of ether oxygens (including phenoxy) is 1. The van der Waals surface area contributed by atoms with Crippen molar-refractivity contribution < 1.29 is 4.74 Å². The third kappa shape index (κ3) is 3.50. The Bertz CT molecular complexity index is 709. The Morgan fingerprint density at radius 1 is 1.10 bits per heavy atom. The van der Waals surface area contributed by atoms with Gasteiger partial charge in [-0.05, 0) is 48.2 Å². The minimum atomic E-state index is 0. The van der Waals surface area contributed by atoms with Crippen LogP contribution in [-0.4, -0.2) is 11.6 Å². The SMILES string of the molecule is CCOc1ccccc1NCc1ccc2[nH]ccc2c1.Cl. The molecule has 3 aromatic rings. The van der Waals surface area contributed by atoms with E-state index in [0.29, 0.717) is 6.61 Å². The maximum atomic E-state index is 5.62. The number of para-hydroxylation sites is 2. The second-order valence-electron chi connectivity index (χ2n) is 4.68. The van der Waals surface area contributed by atoms with Gasteiger partial charge in [0.1, 0.15) is 5.75 Å². The van der Waals surface area contributed by atoms with Gasteiger partial charge in [-0.3, -0.25) is 0 Å². The summed E-state index contributed by atoms with van der Waals surface area (Å²) >= 11 is 0. The quantitative estimate of drug-likeness (QED) is 0.722. The Kier molecular flexibility index (Phi) is 5.12. The fourth-order valence-electron chi connectivity index (χ4n) is 2.30. The first-order chi connectivity index (χ1) is 9.86. The van der Waals surface area contributed by atoms with Crippen LogP contribution < -0.4 is 10.1 Å². The van der Waals surface area contributed by atoms with Crippen molar-refractivity contribution in [3.8, 4) is 5.75 Å². The number of benzene rings is 2. The molecule has 0 fully saturated rings. The van der Waals surface area contributed by atoms with Crippen LogP contribution in [0.3, 0.4) is 0 Å². The second-order valence-corrected chi connectivity index (χ2v) is 4.68. The van der Waals surface area contributed by atoms with Crippen LogP contribution in [0, 0.1) is 0 Å². The Morgan fingerprint density at radius 3 is 2.81 bits per heavy atom. The number of hydrogen-bond acceptors (Lipinski definition) is 2. The molecule has 110 valence electrons. The first-order valence-corrected chi connectivity index (χ1v) is 6.88. The highest BCUT2D eigenvalue weighted by atomic mass is 35.5. The lowest BCUT2D eigenvalue weighted by Gasteiger charge is -2.12. The van der Waals surface area contributed by atoms with Crippen molar-refractivity contribution in [2.24, 2.45) is 0 Å². The van der Waals surface area contributed by atoms with Crippen molar-refractivity contribution >= 4 is 29.0 Å². The predicted octanol–water partition coefficient (Wildman–Crippen LogP) is 4.60. The van der Waals surface area contributed by atoms with Gasteiger partial charge in [0, 0.05) is 18.3 Å². The summed E-state index contributed by atoms with van der Waals surface area (Å²) in [7, 11) is 0. The lowest BCUT2D eigenvalue weighted by Crippen LogP contribution is -2.02. The molecule has 0 saturated heterocycles. The molecule has 0 aliphatic heterocycles. The number of nitrogens with one attached hydrogen (secondary N) is 2. The summed E-state index contributed by atoms with van der Waals surface area (Å²) in [5.74, 6) is 0.901. The van der Waals surface area contributed by atoms with E-state index in [2.05, 4.69) is 34.6 Å². The molecule has 0 atom stereocenters. The molecule has 1 heterocycles. The third-order valence-corrected chi connectivity index (χ3v) is 3.29. The van der Waals surface area contributed by atoms with Crippen LogP contribution in [0.1, 0.15) is 12.5 Å². The van der Waals surface area contributed by atoms with Crippen LogP contribution in [0.2, 0.25) is 0 Å². The van der Waals surface area contributed by atoms with Gasteiger partial charge < -0.3 is 15.0 Å². The summed E-state index contributed by atoms with van der Waals surface area (Å²) in [6, 6.07) is 16.6. The molecule has 21 heavy (non-hydrogen) atoms. The zero-order valence-electron chi connectivity index (χ0n) is 11.9. The van der Waals surface area contributed by atoms with Crippen LogP contribution in [0.5, 0.6) is 5.75 Å². The Labute approximate surface area is 130 Å². The largest absolute Gasteiger partial charge is 0.492 e. The number of hydrogen-bond donors (Lipinski definition) is 2. The van der Waals surface area contributed by atoms with E-state index in [4.69, 9.17) is 4.74 Å². The maximum Gasteiger partial charge on any atom is 0.142 e. The number of anilines is 1. The minimum absolute atomic E-state index is 0. The molecule has 0 radical (unpaired) electrons. The fraction of sp³-hybridized carbons (Fsp3) is 0.176. The van der Waals surface area contributed by atoms with E-state index in [1.165, 1.54) is 16.5 Å². The molecule has 2 aromatic carbocycles. The van der Waals surface area contributed by atoms with Crippen LogP contribution in [0.25, 0.3) is 10.9 Å². The first-order valence-electron chi connectivity index (χ1n) is 6.88. The molecule has 0 aliphatic rings. The van der Waals surface area contributed by atoms with E-state index >= 15 is 0 Å². The van der Waals surface area contributed by atoms with E-state index < -0.39 is 0 Å². The van der Waals surface area contributed by atoms with Crippen molar-refractivity contribution in [1.82, 2.24) is 4.98 Å². The molecule has 0 bridgehead atoms. The molecule has 1 aromatic heterocycles. The Balaban J connectivity index is 0.00000161. The highest BCUT2D eigenvalue weighted by Gasteiger charge is 2.02. The third-order valence-electron chi connectivity index (χ3n) is 3.29. The molecular weight excluding hydrogens is 284 g/mol. The second kappa shape index (κ2) is 7.04. The highest BCUT2D eigenvalue weighted by molar-refractivity contribution is 5.85. The monoisotopic (exact) mass is 302 g/mol. The minimum Gasteiger partial charge on any atom is -0.492 e. The maximum absolute atomic E-state index is 5.62. The van der Waals surface area contributed by atoms with Gasteiger partial charge in [0.05, 0.1) is 12.3 Å². The number of halogens is 1. The average Bonchev–Trinajstić information content (AvgIpc) is 2.94. The molecule has 0 aliphatic carbocycles. The zero-order valence-corrected chi connectivity index (χ0v) is 12.7. The van der Waals surface area contributed by atoms with Gasteiger partial charge in [-0.1, -0.05) is 18.2 Å². The van der Waals surface area contributed by atoms with Gasteiger partial charge in [-0.2, -0.15) is 0 Å². The smallest absolute Gasteiger partial charge is 0.142 e. The van der Waals surface area contributed by atoms with Crippen molar-refractivity contribution in [2.45, 2.75) is 13.5 Å². The average molecular weight is 303 g/mol. The highest BCUT2D eigenvalue weighted by Crippen LogP contribution is 2.24. The summed E-state index contributed by atoms with van der Waals surface area (Å²) < 4.78 is 5.62. The number of aromatic amines is 1. The molecule has 2 N–H and O–H groups in total. The van der Waals surface area contributed by atoms with Crippen LogP contribution in [0.4, 0.5) is 5.69 Å². The lowest BCUT2D eigenvalue weighted by atomic mass is 10.1. The van der Waals surface area contributed by atoms with E-state index in [1.54, 1.807) is 0 Å². The van der Waals surface area contributed by atoms with Gasteiger partial charge in [0.25, 0.3) is 0 Å². The topological polar surface area (TPSA) is 37.0 Å².